The van der Waals surface area contributed by atoms with Gasteiger partial charge in [-0.3, -0.25) is 9.59 Å². The number of aryl methyl sites for hydroxylation is 1. The van der Waals surface area contributed by atoms with Gasteiger partial charge in [0.2, 0.25) is 5.91 Å². The number of nitriles is 1. The molecule has 0 atom stereocenters. The Morgan fingerprint density at radius 3 is 2.77 bits per heavy atom. The van der Waals surface area contributed by atoms with Crippen molar-refractivity contribution in [2.24, 2.45) is 0 Å². The highest BCUT2D eigenvalue weighted by atomic mass is 16.1. The lowest BCUT2D eigenvalue weighted by atomic mass is 9.99. The maximum Gasteiger partial charge on any atom is 0.266 e. The van der Waals surface area contributed by atoms with Crippen molar-refractivity contribution in [1.82, 2.24) is 20.2 Å². The summed E-state index contributed by atoms with van der Waals surface area (Å²) in [7, 11) is 2.14. The molecule has 0 radical (unpaired) electrons. The number of rotatable bonds is 6. The van der Waals surface area contributed by atoms with Gasteiger partial charge in [-0.15, -0.1) is 0 Å². The summed E-state index contributed by atoms with van der Waals surface area (Å²) in [6, 6.07) is 5.97. The van der Waals surface area contributed by atoms with E-state index in [1.54, 1.807) is 13.8 Å². The van der Waals surface area contributed by atoms with Gasteiger partial charge in [-0.2, -0.15) is 5.26 Å². The van der Waals surface area contributed by atoms with Crippen molar-refractivity contribution in [3.05, 3.63) is 56.6 Å². The third kappa shape index (κ3) is 5.70. The molecule has 1 saturated heterocycles. The van der Waals surface area contributed by atoms with Gasteiger partial charge in [-0.1, -0.05) is 6.07 Å². The van der Waals surface area contributed by atoms with E-state index in [0.717, 1.165) is 49.5 Å². The average Bonchev–Trinajstić information content (AvgIpc) is 2.97. The summed E-state index contributed by atoms with van der Waals surface area (Å²) in [4.78, 5) is 36.1. The normalized spacial score (nSPS) is 14.7. The molecular formula is C23H30N6O2. The summed E-state index contributed by atoms with van der Waals surface area (Å²) in [5, 5.41) is 12.1. The number of amides is 1. The predicted molar refractivity (Wildman–Crippen MR) is 120 cm³/mol. The van der Waals surface area contributed by atoms with Crippen molar-refractivity contribution < 1.29 is 4.79 Å². The van der Waals surface area contributed by atoms with Crippen LogP contribution in [-0.4, -0.2) is 54.0 Å². The molecule has 0 aromatic carbocycles. The van der Waals surface area contributed by atoms with E-state index in [1.807, 2.05) is 24.4 Å². The Hall–Kier alpha value is -3.18. The van der Waals surface area contributed by atoms with Gasteiger partial charge >= 0.3 is 0 Å². The third-order valence-electron chi connectivity index (χ3n) is 5.86. The molecule has 8 heteroatoms. The van der Waals surface area contributed by atoms with Crippen LogP contribution in [0.15, 0.2) is 23.1 Å². The van der Waals surface area contributed by atoms with Crippen LogP contribution < -0.4 is 15.8 Å². The zero-order chi connectivity index (χ0) is 22.4. The maximum atomic E-state index is 12.3. The Labute approximate surface area is 182 Å². The molecule has 1 fully saturated rings. The van der Waals surface area contributed by atoms with Gasteiger partial charge < -0.3 is 20.1 Å². The van der Waals surface area contributed by atoms with Crippen molar-refractivity contribution in [3.8, 4) is 6.07 Å². The van der Waals surface area contributed by atoms with Gasteiger partial charge in [0.1, 0.15) is 17.5 Å². The molecule has 0 saturated carbocycles. The van der Waals surface area contributed by atoms with Crippen LogP contribution in [0.3, 0.4) is 0 Å². The molecule has 1 aliphatic heterocycles. The highest BCUT2D eigenvalue weighted by molar-refractivity contribution is 5.76. The summed E-state index contributed by atoms with van der Waals surface area (Å²) in [5.74, 6) is 0.894. The number of anilines is 1. The first-order chi connectivity index (χ1) is 14.9. The van der Waals surface area contributed by atoms with E-state index in [9.17, 15) is 14.9 Å². The summed E-state index contributed by atoms with van der Waals surface area (Å²) in [6.45, 7) is 8.07. The lowest BCUT2D eigenvalue weighted by molar-refractivity contribution is -0.121. The van der Waals surface area contributed by atoms with Gasteiger partial charge in [0.15, 0.2) is 0 Å². The third-order valence-corrected chi connectivity index (χ3v) is 5.86. The molecule has 2 aromatic rings. The predicted octanol–water partition coefficient (Wildman–Crippen LogP) is 1.65. The number of likely N-dealkylation sites (N-methyl/N-ethyl adjacent to an activating group) is 1. The standard InChI is InChI=1S/C23H30N6O2/c1-16-19(17(2)27-23(31)20(16)13-24)6-8-22(30)26-15-18-5-7-21(25-14-18)29-10-4-9-28(3)11-12-29/h5,7,14H,4,6,8-12,15H2,1-3H3,(H,26,30)(H,27,31). The molecule has 0 spiro atoms. The van der Waals surface area contributed by atoms with Crippen molar-refractivity contribution in [2.45, 2.75) is 39.7 Å². The molecule has 1 amide bonds. The van der Waals surface area contributed by atoms with Crippen LogP contribution in [0.1, 0.15) is 40.8 Å². The van der Waals surface area contributed by atoms with Crippen LogP contribution in [0.5, 0.6) is 0 Å². The second kappa shape index (κ2) is 10.2. The zero-order valence-electron chi connectivity index (χ0n) is 18.5. The topological polar surface area (TPSA) is 105 Å². The number of nitrogens with zero attached hydrogens (tertiary/aromatic N) is 4. The van der Waals surface area contributed by atoms with Crippen molar-refractivity contribution in [1.29, 1.82) is 5.26 Å². The van der Waals surface area contributed by atoms with E-state index in [2.05, 4.69) is 32.1 Å². The second-order valence-corrected chi connectivity index (χ2v) is 8.11. The average molecular weight is 423 g/mol. The van der Waals surface area contributed by atoms with E-state index in [-0.39, 0.29) is 23.5 Å². The Kier molecular flexibility index (Phi) is 7.42. The summed E-state index contributed by atoms with van der Waals surface area (Å²) in [6.07, 6.45) is 3.70. The number of hydrogen-bond donors (Lipinski definition) is 2. The molecular weight excluding hydrogens is 392 g/mol. The molecule has 0 bridgehead atoms. The number of hydrogen-bond acceptors (Lipinski definition) is 6. The van der Waals surface area contributed by atoms with E-state index in [1.165, 1.54) is 0 Å². The molecule has 164 valence electrons. The monoisotopic (exact) mass is 422 g/mol. The number of aromatic amines is 1. The zero-order valence-corrected chi connectivity index (χ0v) is 18.5. The van der Waals surface area contributed by atoms with Crippen LogP contribution in [0, 0.1) is 25.2 Å². The van der Waals surface area contributed by atoms with Crippen LogP contribution >= 0.6 is 0 Å². The van der Waals surface area contributed by atoms with E-state index in [4.69, 9.17) is 0 Å². The minimum Gasteiger partial charge on any atom is -0.355 e. The summed E-state index contributed by atoms with van der Waals surface area (Å²) in [5.41, 5.74) is 2.88. The highest BCUT2D eigenvalue weighted by Gasteiger charge is 2.15. The van der Waals surface area contributed by atoms with E-state index >= 15 is 0 Å². The molecule has 8 nitrogen and oxygen atoms in total. The first-order valence-electron chi connectivity index (χ1n) is 10.7. The number of nitrogens with one attached hydrogen (secondary N) is 2. The Morgan fingerprint density at radius 1 is 1.26 bits per heavy atom. The van der Waals surface area contributed by atoms with Crippen LogP contribution in [0.4, 0.5) is 5.82 Å². The van der Waals surface area contributed by atoms with Crippen LogP contribution in [0.25, 0.3) is 0 Å². The fraction of sp³-hybridized carbons (Fsp3) is 0.478. The number of aromatic nitrogens is 2. The van der Waals surface area contributed by atoms with Gasteiger partial charge in [-0.25, -0.2) is 4.98 Å². The summed E-state index contributed by atoms with van der Waals surface area (Å²) < 4.78 is 0. The maximum absolute atomic E-state index is 12.3. The SMILES string of the molecule is Cc1[nH]c(=O)c(C#N)c(C)c1CCC(=O)NCc1ccc(N2CCCN(C)CC2)nc1. The first-order valence-corrected chi connectivity index (χ1v) is 10.7. The Bertz CT molecular complexity index is 1020. The second-order valence-electron chi connectivity index (χ2n) is 8.11. The number of carbonyl (C=O) groups is 1. The Morgan fingerprint density at radius 2 is 2.06 bits per heavy atom. The lowest BCUT2D eigenvalue weighted by Gasteiger charge is -2.21. The molecule has 2 aromatic heterocycles. The van der Waals surface area contributed by atoms with Crippen LogP contribution in [-0.2, 0) is 17.8 Å². The smallest absolute Gasteiger partial charge is 0.266 e. The molecule has 3 rings (SSSR count). The van der Waals surface area contributed by atoms with Crippen molar-refractivity contribution >= 4 is 11.7 Å². The quantitative estimate of drug-likeness (QED) is 0.733. The molecule has 2 N–H and O–H groups in total. The molecule has 31 heavy (non-hydrogen) atoms. The van der Waals surface area contributed by atoms with Gasteiger partial charge in [-0.05, 0) is 63.0 Å². The number of H-pyrrole nitrogens is 1. The highest BCUT2D eigenvalue weighted by Crippen LogP contribution is 2.16. The van der Waals surface area contributed by atoms with Crippen molar-refractivity contribution in [3.63, 3.8) is 0 Å². The molecule has 1 aliphatic rings. The Balaban J connectivity index is 1.52. The molecule has 0 unspecified atom stereocenters. The minimum atomic E-state index is -0.381. The summed E-state index contributed by atoms with van der Waals surface area (Å²) >= 11 is 0. The fourth-order valence-electron chi connectivity index (χ4n) is 3.93. The molecule has 3 heterocycles. The minimum absolute atomic E-state index is 0.0804. The van der Waals surface area contributed by atoms with Gasteiger partial charge in [0, 0.05) is 44.5 Å². The van der Waals surface area contributed by atoms with E-state index in [0.29, 0.717) is 24.2 Å². The number of carbonyl (C=O) groups excluding carboxylic acids is 1. The van der Waals surface area contributed by atoms with Crippen LogP contribution in [0.2, 0.25) is 0 Å². The first kappa shape index (κ1) is 22.5. The number of pyridine rings is 2. The van der Waals surface area contributed by atoms with Gasteiger partial charge in [0.05, 0.1) is 0 Å². The van der Waals surface area contributed by atoms with E-state index < -0.39 is 0 Å². The van der Waals surface area contributed by atoms with Crippen molar-refractivity contribution in [2.75, 3.05) is 38.1 Å². The largest absolute Gasteiger partial charge is 0.355 e. The van der Waals surface area contributed by atoms with Gasteiger partial charge in [0.25, 0.3) is 5.56 Å². The lowest BCUT2D eigenvalue weighted by Crippen LogP contribution is -2.29. The fourth-order valence-corrected chi connectivity index (χ4v) is 3.93. The molecule has 0 aliphatic carbocycles.